The Hall–Kier alpha value is -0.790. The lowest BCUT2D eigenvalue weighted by Gasteiger charge is -2.09. The van der Waals surface area contributed by atoms with Crippen molar-refractivity contribution >= 4 is 28.6 Å². The lowest BCUT2D eigenvalue weighted by molar-refractivity contribution is -0.136. The molecule has 0 saturated heterocycles. The highest BCUT2D eigenvalue weighted by Crippen LogP contribution is 2.26. The number of pyridine rings is 1. The Bertz CT molecular complexity index is 396. The Morgan fingerprint density at radius 3 is 2.73 bits per heavy atom. The van der Waals surface area contributed by atoms with E-state index in [2.05, 4.69) is 4.98 Å². The van der Waals surface area contributed by atoms with E-state index < -0.39 is 18.8 Å². The molecule has 15 heavy (non-hydrogen) atoms. The van der Waals surface area contributed by atoms with Crippen molar-refractivity contribution < 1.29 is 18.7 Å². The third-order valence-corrected chi connectivity index (χ3v) is 2.69. The van der Waals surface area contributed by atoms with E-state index >= 15 is 0 Å². The molecular formula is C9H8F2INO2. The van der Waals surface area contributed by atoms with E-state index in [-0.39, 0.29) is 11.1 Å². The predicted octanol–water partition coefficient (Wildman–Crippen LogP) is 2.56. The number of aryl methyl sites for hydroxylation is 1. The van der Waals surface area contributed by atoms with Crippen LogP contribution in [0, 0.1) is 10.6 Å². The van der Waals surface area contributed by atoms with Crippen molar-refractivity contribution in [3.05, 3.63) is 26.6 Å². The van der Waals surface area contributed by atoms with E-state index in [1.54, 1.807) is 29.5 Å². The summed E-state index contributed by atoms with van der Waals surface area (Å²) in [6.07, 6.45) is -3.10. The fourth-order valence-corrected chi connectivity index (χ4v) is 2.09. The minimum absolute atomic E-state index is 0.101. The number of carboxylic acids is 1. The maximum atomic E-state index is 12.6. The molecule has 0 saturated carbocycles. The monoisotopic (exact) mass is 327 g/mol. The number of rotatable bonds is 3. The lowest BCUT2D eigenvalue weighted by atomic mass is 10.1. The topological polar surface area (TPSA) is 50.2 Å². The van der Waals surface area contributed by atoms with Crippen molar-refractivity contribution in [2.24, 2.45) is 0 Å². The van der Waals surface area contributed by atoms with Crippen LogP contribution in [0.1, 0.15) is 23.2 Å². The second kappa shape index (κ2) is 4.82. The summed E-state index contributed by atoms with van der Waals surface area (Å²) in [7, 11) is 0. The van der Waals surface area contributed by atoms with E-state index in [0.717, 1.165) is 0 Å². The average Bonchev–Trinajstić information content (AvgIpc) is 2.08. The van der Waals surface area contributed by atoms with Crippen molar-refractivity contribution in [2.75, 3.05) is 0 Å². The molecule has 0 unspecified atom stereocenters. The molecule has 6 heteroatoms. The Morgan fingerprint density at radius 1 is 1.67 bits per heavy atom. The summed E-state index contributed by atoms with van der Waals surface area (Å²) in [6, 6.07) is 1.23. The zero-order valence-corrected chi connectivity index (χ0v) is 9.96. The van der Waals surface area contributed by atoms with E-state index in [1.807, 2.05) is 0 Å². The molecule has 0 fully saturated rings. The van der Waals surface area contributed by atoms with Crippen LogP contribution in [0.4, 0.5) is 8.78 Å². The molecule has 3 nitrogen and oxygen atoms in total. The van der Waals surface area contributed by atoms with Crippen LogP contribution in [0.5, 0.6) is 0 Å². The molecule has 0 bridgehead atoms. The van der Waals surface area contributed by atoms with Crippen molar-refractivity contribution in [3.63, 3.8) is 0 Å². The summed E-state index contributed by atoms with van der Waals surface area (Å²) >= 11 is 1.77. The highest BCUT2D eigenvalue weighted by Gasteiger charge is 2.19. The quantitative estimate of drug-likeness (QED) is 0.686. The number of hydrogen-bond acceptors (Lipinski definition) is 2. The van der Waals surface area contributed by atoms with Crippen LogP contribution in [0.15, 0.2) is 6.07 Å². The van der Waals surface area contributed by atoms with E-state index in [9.17, 15) is 13.6 Å². The van der Waals surface area contributed by atoms with Crippen LogP contribution in [0.2, 0.25) is 0 Å². The Labute approximate surface area is 98.7 Å². The number of alkyl halides is 2. The van der Waals surface area contributed by atoms with Crippen LogP contribution < -0.4 is 0 Å². The molecule has 0 atom stereocenters. The van der Waals surface area contributed by atoms with Gasteiger partial charge in [-0.05, 0) is 35.6 Å². The fourth-order valence-electron chi connectivity index (χ4n) is 1.21. The molecule has 0 spiro atoms. The highest BCUT2D eigenvalue weighted by molar-refractivity contribution is 14.1. The van der Waals surface area contributed by atoms with Gasteiger partial charge >= 0.3 is 5.97 Å². The SMILES string of the molecule is Cc1cc(C(F)F)c(CC(=O)O)c(I)n1. The second-order valence-electron chi connectivity index (χ2n) is 2.99. The molecule has 0 aliphatic rings. The first kappa shape index (κ1) is 12.3. The van der Waals surface area contributed by atoms with Crippen molar-refractivity contribution in [3.8, 4) is 0 Å². The summed E-state index contributed by atoms with van der Waals surface area (Å²) in [6.45, 7) is 1.60. The fraction of sp³-hybridized carbons (Fsp3) is 0.333. The normalized spacial score (nSPS) is 10.7. The van der Waals surface area contributed by atoms with Gasteiger partial charge in [-0.15, -0.1) is 0 Å². The van der Waals surface area contributed by atoms with Gasteiger partial charge in [-0.25, -0.2) is 13.8 Å². The Balaban J connectivity index is 3.26. The van der Waals surface area contributed by atoms with Gasteiger partial charge in [-0.1, -0.05) is 0 Å². The molecule has 0 radical (unpaired) electrons. The summed E-state index contributed by atoms with van der Waals surface area (Å²) in [5.41, 5.74) is 0.321. The number of aromatic nitrogens is 1. The second-order valence-corrected chi connectivity index (χ2v) is 4.02. The van der Waals surface area contributed by atoms with Gasteiger partial charge in [0.2, 0.25) is 0 Å². The third-order valence-electron chi connectivity index (χ3n) is 1.80. The van der Waals surface area contributed by atoms with Crippen LogP contribution in [-0.4, -0.2) is 16.1 Å². The molecule has 1 heterocycles. The first-order valence-corrected chi connectivity index (χ1v) is 5.15. The summed E-state index contributed by atoms with van der Waals surface area (Å²) in [4.78, 5) is 14.5. The van der Waals surface area contributed by atoms with Gasteiger partial charge in [-0.3, -0.25) is 4.79 Å². The van der Waals surface area contributed by atoms with Gasteiger partial charge in [0.05, 0.1) is 6.42 Å². The first-order chi connectivity index (χ1) is 6.91. The zero-order chi connectivity index (χ0) is 11.6. The molecule has 82 valence electrons. The molecule has 0 aliphatic heterocycles. The molecule has 0 aromatic carbocycles. The summed E-state index contributed by atoms with van der Waals surface area (Å²) in [5, 5.41) is 8.59. The van der Waals surface area contributed by atoms with Crippen molar-refractivity contribution in [1.82, 2.24) is 4.98 Å². The predicted molar refractivity (Wildman–Crippen MR) is 58.0 cm³/mol. The molecule has 1 rings (SSSR count). The molecule has 1 aromatic heterocycles. The van der Waals surface area contributed by atoms with Gasteiger partial charge in [0, 0.05) is 16.8 Å². The average molecular weight is 327 g/mol. The minimum atomic E-state index is -2.67. The van der Waals surface area contributed by atoms with Gasteiger partial charge in [0.25, 0.3) is 6.43 Å². The Morgan fingerprint density at radius 2 is 2.27 bits per heavy atom. The number of halogens is 3. The lowest BCUT2D eigenvalue weighted by Crippen LogP contribution is -2.08. The zero-order valence-electron chi connectivity index (χ0n) is 7.80. The van der Waals surface area contributed by atoms with Gasteiger partial charge in [-0.2, -0.15) is 0 Å². The summed E-state index contributed by atoms with van der Waals surface area (Å²) < 4.78 is 25.6. The third kappa shape index (κ3) is 3.08. The summed E-state index contributed by atoms with van der Waals surface area (Å²) in [5.74, 6) is -1.14. The number of aliphatic carboxylic acids is 1. The number of nitrogens with zero attached hydrogens (tertiary/aromatic N) is 1. The molecule has 0 aliphatic carbocycles. The van der Waals surface area contributed by atoms with E-state index in [4.69, 9.17) is 5.11 Å². The minimum Gasteiger partial charge on any atom is -0.481 e. The van der Waals surface area contributed by atoms with E-state index in [1.165, 1.54) is 6.07 Å². The Kier molecular flexibility index (Phi) is 3.95. The maximum Gasteiger partial charge on any atom is 0.307 e. The van der Waals surface area contributed by atoms with E-state index in [0.29, 0.717) is 9.39 Å². The molecular weight excluding hydrogens is 319 g/mol. The molecule has 0 amide bonds. The molecule has 1 aromatic rings. The smallest absolute Gasteiger partial charge is 0.307 e. The van der Waals surface area contributed by atoms with Crippen LogP contribution in [-0.2, 0) is 11.2 Å². The molecule has 1 N–H and O–H groups in total. The van der Waals surface area contributed by atoms with Gasteiger partial charge < -0.3 is 5.11 Å². The highest BCUT2D eigenvalue weighted by atomic mass is 127. The number of carboxylic acid groups (broad SMARTS) is 1. The largest absolute Gasteiger partial charge is 0.481 e. The van der Waals surface area contributed by atoms with Crippen molar-refractivity contribution in [1.29, 1.82) is 0 Å². The van der Waals surface area contributed by atoms with Gasteiger partial charge in [0.15, 0.2) is 0 Å². The maximum absolute atomic E-state index is 12.6. The number of hydrogen-bond donors (Lipinski definition) is 1. The first-order valence-electron chi connectivity index (χ1n) is 4.07. The van der Waals surface area contributed by atoms with Crippen LogP contribution in [0.25, 0.3) is 0 Å². The van der Waals surface area contributed by atoms with Gasteiger partial charge in [0.1, 0.15) is 3.70 Å². The standard InChI is InChI=1S/C9H8F2INO2/c1-4-2-5(8(10)11)6(3-7(14)15)9(12)13-4/h2,8H,3H2,1H3,(H,14,15). The van der Waals surface area contributed by atoms with Crippen LogP contribution >= 0.6 is 22.6 Å². The van der Waals surface area contributed by atoms with Crippen LogP contribution in [0.3, 0.4) is 0 Å². The van der Waals surface area contributed by atoms with Crippen molar-refractivity contribution in [2.45, 2.75) is 19.8 Å². The number of carbonyl (C=O) groups is 1.